The molecule has 0 bridgehead atoms. The van der Waals surface area contributed by atoms with Crippen LogP contribution < -0.4 is 11.1 Å². The molecule has 1 aliphatic carbocycles. The Morgan fingerprint density at radius 3 is 2.92 bits per heavy atom. The van der Waals surface area contributed by atoms with E-state index in [0.29, 0.717) is 12.6 Å². The highest BCUT2D eigenvalue weighted by Gasteiger charge is 2.21. The summed E-state index contributed by atoms with van der Waals surface area (Å²) in [6.45, 7) is 4.78. The summed E-state index contributed by atoms with van der Waals surface area (Å²) in [5, 5.41) is 3.43. The van der Waals surface area contributed by atoms with Gasteiger partial charge in [-0.25, -0.2) is 0 Å². The third kappa shape index (κ3) is 2.83. The third-order valence-corrected chi connectivity index (χ3v) is 2.68. The van der Waals surface area contributed by atoms with Crippen molar-refractivity contribution >= 4 is 11.6 Å². The Kier molecular flexibility index (Phi) is 3.97. The molecular weight excluding hydrogens is 184 g/mol. The fourth-order valence-electron chi connectivity index (χ4n) is 1.38. The van der Waals surface area contributed by atoms with E-state index < -0.39 is 0 Å². The van der Waals surface area contributed by atoms with Gasteiger partial charge in [-0.05, 0) is 13.8 Å². The van der Waals surface area contributed by atoms with E-state index in [-0.39, 0.29) is 11.4 Å². The number of rotatable bonds is 3. The van der Waals surface area contributed by atoms with Crippen molar-refractivity contribution in [1.82, 2.24) is 5.32 Å². The number of hydrogen-bond acceptors (Lipinski definition) is 2. The monoisotopic (exact) mass is 200 g/mol. The van der Waals surface area contributed by atoms with Gasteiger partial charge in [-0.2, -0.15) is 0 Å². The number of hydrogen-bond donors (Lipinski definition) is 2. The highest BCUT2D eigenvalue weighted by atomic mass is 35.5. The summed E-state index contributed by atoms with van der Waals surface area (Å²) in [6.07, 6.45) is 6.08. The van der Waals surface area contributed by atoms with Crippen LogP contribution in [0.4, 0.5) is 0 Å². The quantitative estimate of drug-likeness (QED) is 0.677. The lowest BCUT2D eigenvalue weighted by molar-refractivity contribution is 0.490. The molecule has 0 aromatic carbocycles. The van der Waals surface area contributed by atoms with Crippen molar-refractivity contribution in [2.45, 2.75) is 31.3 Å². The van der Waals surface area contributed by atoms with Crippen molar-refractivity contribution in [3.8, 4) is 0 Å². The minimum atomic E-state index is 0.0407. The average Bonchev–Trinajstić information content (AvgIpc) is 2.11. The first-order chi connectivity index (χ1) is 6.15. The van der Waals surface area contributed by atoms with E-state index in [1.54, 1.807) is 0 Å². The Morgan fingerprint density at radius 1 is 1.69 bits per heavy atom. The molecule has 3 atom stereocenters. The van der Waals surface area contributed by atoms with Gasteiger partial charge in [0.15, 0.2) is 0 Å². The minimum absolute atomic E-state index is 0.0407. The zero-order valence-electron chi connectivity index (χ0n) is 8.13. The van der Waals surface area contributed by atoms with Crippen LogP contribution in [0.3, 0.4) is 0 Å². The number of halogens is 1. The van der Waals surface area contributed by atoms with Gasteiger partial charge in [0.2, 0.25) is 0 Å². The zero-order valence-corrected chi connectivity index (χ0v) is 8.88. The van der Waals surface area contributed by atoms with Gasteiger partial charge in [0.05, 0.1) is 5.38 Å². The summed E-state index contributed by atoms with van der Waals surface area (Å²) in [7, 11) is 0. The summed E-state index contributed by atoms with van der Waals surface area (Å²) in [5.41, 5.74) is 6.80. The van der Waals surface area contributed by atoms with Crippen LogP contribution in [0.2, 0.25) is 0 Å². The topological polar surface area (TPSA) is 38.0 Å². The lowest BCUT2D eigenvalue weighted by Crippen LogP contribution is -2.46. The molecular formula is C10H17ClN2. The molecule has 0 amide bonds. The van der Waals surface area contributed by atoms with Gasteiger partial charge in [-0.15, -0.1) is 11.6 Å². The highest BCUT2D eigenvalue weighted by Crippen LogP contribution is 2.18. The molecule has 0 saturated heterocycles. The molecule has 3 heteroatoms. The molecule has 1 aliphatic rings. The van der Waals surface area contributed by atoms with E-state index in [1.807, 2.05) is 12.2 Å². The maximum atomic E-state index is 6.15. The van der Waals surface area contributed by atoms with Crippen LogP contribution >= 0.6 is 11.6 Å². The minimum Gasteiger partial charge on any atom is -0.329 e. The van der Waals surface area contributed by atoms with E-state index in [2.05, 4.69) is 25.2 Å². The van der Waals surface area contributed by atoms with E-state index in [1.165, 1.54) is 5.57 Å². The predicted octanol–water partition coefficient (Wildman–Crippen LogP) is 1.42. The molecule has 0 radical (unpaired) electrons. The molecule has 3 N–H and O–H groups in total. The Labute approximate surface area is 84.8 Å². The van der Waals surface area contributed by atoms with Gasteiger partial charge in [-0.3, -0.25) is 0 Å². The molecule has 0 saturated carbocycles. The first-order valence-corrected chi connectivity index (χ1v) is 5.04. The number of nitrogens with two attached hydrogens (primary N) is 1. The standard InChI is InChI=1S/C10H17ClN2/c1-7-4-3-5-9(11)10(7)13-8(2)6-12/h3-5,8-10,13H,6,12H2,1-2H3. The van der Waals surface area contributed by atoms with E-state index in [9.17, 15) is 0 Å². The Bertz CT molecular complexity index is 223. The van der Waals surface area contributed by atoms with Crippen LogP contribution in [0.5, 0.6) is 0 Å². The van der Waals surface area contributed by atoms with Gasteiger partial charge in [0, 0.05) is 18.6 Å². The molecule has 0 spiro atoms. The fraction of sp³-hybridized carbons (Fsp3) is 0.600. The number of alkyl halides is 1. The molecule has 74 valence electrons. The fourth-order valence-corrected chi connectivity index (χ4v) is 1.73. The largest absolute Gasteiger partial charge is 0.329 e. The highest BCUT2D eigenvalue weighted by molar-refractivity contribution is 6.22. The maximum Gasteiger partial charge on any atom is 0.0710 e. The Hall–Kier alpha value is -0.310. The number of allylic oxidation sites excluding steroid dienone is 2. The van der Waals surface area contributed by atoms with Crippen LogP contribution in [0.25, 0.3) is 0 Å². The lowest BCUT2D eigenvalue weighted by Gasteiger charge is -2.27. The normalized spacial score (nSPS) is 30.0. The Morgan fingerprint density at radius 2 is 2.38 bits per heavy atom. The first kappa shape index (κ1) is 10.8. The van der Waals surface area contributed by atoms with Gasteiger partial charge in [0.25, 0.3) is 0 Å². The Balaban J connectivity index is 2.58. The van der Waals surface area contributed by atoms with Crippen molar-refractivity contribution in [2.75, 3.05) is 6.54 Å². The van der Waals surface area contributed by atoms with Crippen LogP contribution in [0.1, 0.15) is 13.8 Å². The van der Waals surface area contributed by atoms with E-state index in [0.717, 1.165) is 0 Å². The maximum absolute atomic E-state index is 6.15. The van der Waals surface area contributed by atoms with Crippen molar-refractivity contribution in [3.05, 3.63) is 23.8 Å². The van der Waals surface area contributed by atoms with Crippen molar-refractivity contribution in [2.24, 2.45) is 5.73 Å². The predicted molar refractivity (Wildman–Crippen MR) is 58.0 cm³/mol. The van der Waals surface area contributed by atoms with Gasteiger partial charge in [-0.1, -0.05) is 23.8 Å². The van der Waals surface area contributed by atoms with Gasteiger partial charge in [0.1, 0.15) is 0 Å². The van der Waals surface area contributed by atoms with Gasteiger partial charge >= 0.3 is 0 Å². The molecule has 2 nitrogen and oxygen atoms in total. The van der Waals surface area contributed by atoms with E-state index in [4.69, 9.17) is 17.3 Å². The molecule has 0 fully saturated rings. The molecule has 0 aromatic rings. The molecule has 13 heavy (non-hydrogen) atoms. The van der Waals surface area contributed by atoms with E-state index >= 15 is 0 Å². The summed E-state index contributed by atoms with van der Waals surface area (Å²) >= 11 is 6.15. The third-order valence-electron chi connectivity index (χ3n) is 2.28. The molecule has 0 aromatic heterocycles. The summed E-state index contributed by atoms with van der Waals surface area (Å²) < 4.78 is 0. The molecule has 3 unspecified atom stereocenters. The lowest BCUT2D eigenvalue weighted by atomic mass is 9.99. The van der Waals surface area contributed by atoms with Crippen LogP contribution in [-0.4, -0.2) is 24.0 Å². The van der Waals surface area contributed by atoms with Crippen LogP contribution in [-0.2, 0) is 0 Å². The van der Waals surface area contributed by atoms with Crippen molar-refractivity contribution in [1.29, 1.82) is 0 Å². The second-order valence-corrected chi connectivity index (χ2v) is 4.03. The molecule has 1 rings (SSSR count). The van der Waals surface area contributed by atoms with Crippen LogP contribution in [0.15, 0.2) is 23.8 Å². The zero-order chi connectivity index (χ0) is 9.84. The smallest absolute Gasteiger partial charge is 0.0710 e. The average molecular weight is 201 g/mol. The second-order valence-electron chi connectivity index (χ2n) is 3.52. The first-order valence-electron chi connectivity index (χ1n) is 4.60. The SMILES string of the molecule is CC1=CC=CC(Cl)C1NC(C)CN. The molecule has 0 aliphatic heterocycles. The second kappa shape index (κ2) is 4.80. The van der Waals surface area contributed by atoms with Crippen molar-refractivity contribution in [3.63, 3.8) is 0 Å². The summed E-state index contributed by atoms with van der Waals surface area (Å²) in [6, 6.07) is 0.534. The van der Waals surface area contributed by atoms with Crippen molar-refractivity contribution < 1.29 is 0 Å². The van der Waals surface area contributed by atoms with Gasteiger partial charge < -0.3 is 11.1 Å². The summed E-state index contributed by atoms with van der Waals surface area (Å²) in [5.74, 6) is 0. The summed E-state index contributed by atoms with van der Waals surface area (Å²) in [4.78, 5) is 0. The molecule has 0 heterocycles. The van der Waals surface area contributed by atoms with Crippen LogP contribution in [0, 0.1) is 0 Å². The number of nitrogens with one attached hydrogen (secondary N) is 1.